The van der Waals surface area contributed by atoms with Crippen LogP contribution in [0.2, 0.25) is 5.15 Å². The minimum absolute atomic E-state index is 0.0125. The summed E-state index contributed by atoms with van der Waals surface area (Å²) in [5.74, 6) is 1.07. The Morgan fingerprint density at radius 1 is 1.24 bits per heavy atom. The van der Waals surface area contributed by atoms with E-state index in [1.165, 1.54) is 6.33 Å². The minimum atomic E-state index is 0.0125. The van der Waals surface area contributed by atoms with Crippen LogP contribution >= 0.6 is 11.6 Å². The van der Waals surface area contributed by atoms with E-state index in [1.807, 2.05) is 0 Å². The third-order valence-electron chi connectivity index (χ3n) is 2.30. The lowest BCUT2D eigenvalue weighted by molar-refractivity contribution is 0.281. The van der Waals surface area contributed by atoms with Crippen LogP contribution < -0.4 is 4.74 Å². The molecule has 0 amide bonds. The smallest absolute Gasteiger partial charge is 0.226 e. The predicted octanol–water partition coefficient (Wildman–Crippen LogP) is 2.72. The topological polar surface area (TPSA) is 55.2 Å². The van der Waals surface area contributed by atoms with Crippen LogP contribution in [0.3, 0.4) is 0 Å². The maximum Gasteiger partial charge on any atom is 0.226 e. The van der Waals surface area contributed by atoms with Gasteiger partial charge in [0.05, 0.1) is 6.61 Å². The number of aliphatic hydroxyl groups is 1. The van der Waals surface area contributed by atoms with E-state index in [0.29, 0.717) is 22.3 Å². The van der Waals surface area contributed by atoms with Gasteiger partial charge < -0.3 is 9.84 Å². The zero-order valence-corrected chi connectivity index (χ0v) is 9.98. The maximum atomic E-state index is 8.92. The first-order chi connectivity index (χ1) is 8.20. The SMILES string of the molecule is Cc1c(Cl)ncnc1Oc1ccc(CO)cc1. The third kappa shape index (κ3) is 2.72. The number of hydrogen-bond acceptors (Lipinski definition) is 4. The van der Waals surface area contributed by atoms with Crippen LogP contribution in [0.15, 0.2) is 30.6 Å². The molecule has 0 aliphatic carbocycles. The first-order valence-corrected chi connectivity index (χ1v) is 5.43. The summed E-state index contributed by atoms with van der Waals surface area (Å²) >= 11 is 5.86. The largest absolute Gasteiger partial charge is 0.439 e. The number of nitrogens with zero attached hydrogens (tertiary/aromatic N) is 2. The normalized spacial score (nSPS) is 10.3. The lowest BCUT2D eigenvalue weighted by atomic mass is 10.2. The lowest BCUT2D eigenvalue weighted by Gasteiger charge is -2.07. The van der Waals surface area contributed by atoms with Gasteiger partial charge in [0.25, 0.3) is 0 Å². The Hall–Kier alpha value is -1.65. The maximum absolute atomic E-state index is 8.92. The molecule has 4 nitrogen and oxygen atoms in total. The van der Waals surface area contributed by atoms with Gasteiger partial charge in [-0.05, 0) is 24.6 Å². The summed E-state index contributed by atoms with van der Waals surface area (Å²) in [5, 5.41) is 9.30. The molecule has 0 aliphatic rings. The molecule has 0 unspecified atom stereocenters. The number of rotatable bonds is 3. The quantitative estimate of drug-likeness (QED) is 0.851. The van der Waals surface area contributed by atoms with E-state index in [1.54, 1.807) is 31.2 Å². The first-order valence-electron chi connectivity index (χ1n) is 5.05. The summed E-state index contributed by atoms with van der Waals surface area (Å²) in [6.45, 7) is 1.80. The molecule has 0 aliphatic heterocycles. The van der Waals surface area contributed by atoms with E-state index in [-0.39, 0.29) is 6.61 Å². The molecule has 0 radical (unpaired) electrons. The van der Waals surface area contributed by atoms with Crippen molar-refractivity contribution in [1.82, 2.24) is 9.97 Å². The number of halogens is 1. The molecule has 0 bridgehead atoms. The van der Waals surface area contributed by atoms with Gasteiger partial charge in [-0.15, -0.1) is 0 Å². The molecule has 2 rings (SSSR count). The molecule has 88 valence electrons. The van der Waals surface area contributed by atoms with Gasteiger partial charge in [0.15, 0.2) is 0 Å². The van der Waals surface area contributed by atoms with E-state index in [2.05, 4.69) is 9.97 Å². The van der Waals surface area contributed by atoms with Crippen molar-refractivity contribution in [3.05, 3.63) is 46.9 Å². The van der Waals surface area contributed by atoms with Gasteiger partial charge in [0.2, 0.25) is 5.88 Å². The second-order valence-electron chi connectivity index (χ2n) is 3.50. The zero-order chi connectivity index (χ0) is 12.3. The molecule has 5 heteroatoms. The summed E-state index contributed by atoms with van der Waals surface area (Å²) in [6, 6.07) is 7.10. The monoisotopic (exact) mass is 250 g/mol. The molecule has 0 saturated carbocycles. The van der Waals surface area contributed by atoms with Gasteiger partial charge in [-0.25, -0.2) is 9.97 Å². The Morgan fingerprint density at radius 3 is 2.59 bits per heavy atom. The number of benzene rings is 1. The van der Waals surface area contributed by atoms with Crippen LogP contribution in [0, 0.1) is 6.92 Å². The van der Waals surface area contributed by atoms with Crippen molar-refractivity contribution in [3.63, 3.8) is 0 Å². The van der Waals surface area contributed by atoms with Crippen molar-refractivity contribution in [2.24, 2.45) is 0 Å². The van der Waals surface area contributed by atoms with Crippen LogP contribution in [-0.4, -0.2) is 15.1 Å². The number of hydrogen-bond donors (Lipinski definition) is 1. The summed E-state index contributed by atoms with van der Waals surface area (Å²) in [5.41, 5.74) is 1.52. The molecule has 0 atom stereocenters. The standard InChI is InChI=1S/C12H11ClN2O2/c1-8-11(13)14-7-15-12(8)17-10-4-2-9(6-16)3-5-10/h2-5,7,16H,6H2,1H3. The van der Waals surface area contributed by atoms with Gasteiger partial charge in [-0.2, -0.15) is 0 Å². The van der Waals surface area contributed by atoms with Crippen molar-refractivity contribution >= 4 is 11.6 Å². The average Bonchev–Trinajstić information content (AvgIpc) is 2.36. The molecular weight excluding hydrogens is 240 g/mol. The Bertz CT molecular complexity index is 514. The van der Waals surface area contributed by atoms with Crippen LogP contribution in [-0.2, 0) is 6.61 Å². The highest BCUT2D eigenvalue weighted by Crippen LogP contribution is 2.25. The van der Waals surface area contributed by atoms with Crippen molar-refractivity contribution in [3.8, 4) is 11.6 Å². The van der Waals surface area contributed by atoms with E-state index >= 15 is 0 Å². The van der Waals surface area contributed by atoms with Crippen LogP contribution in [0.5, 0.6) is 11.6 Å². The van der Waals surface area contributed by atoms with Crippen molar-refractivity contribution < 1.29 is 9.84 Å². The third-order valence-corrected chi connectivity index (χ3v) is 2.68. The van der Waals surface area contributed by atoms with Gasteiger partial charge in [0.1, 0.15) is 17.2 Å². The van der Waals surface area contributed by atoms with Crippen LogP contribution in [0.1, 0.15) is 11.1 Å². The van der Waals surface area contributed by atoms with Gasteiger partial charge in [-0.3, -0.25) is 0 Å². The van der Waals surface area contributed by atoms with Gasteiger partial charge >= 0.3 is 0 Å². The highest BCUT2D eigenvalue weighted by atomic mass is 35.5. The fourth-order valence-corrected chi connectivity index (χ4v) is 1.42. The summed E-state index contributed by atoms with van der Waals surface area (Å²) in [6.07, 6.45) is 1.35. The van der Waals surface area contributed by atoms with Crippen LogP contribution in [0.25, 0.3) is 0 Å². The fraction of sp³-hybridized carbons (Fsp3) is 0.167. The van der Waals surface area contributed by atoms with Crippen molar-refractivity contribution in [1.29, 1.82) is 0 Å². The van der Waals surface area contributed by atoms with E-state index in [0.717, 1.165) is 5.56 Å². The molecular formula is C12H11ClN2O2. The summed E-state index contributed by atoms with van der Waals surface area (Å²) < 4.78 is 5.57. The summed E-state index contributed by atoms with van der Waals surface area (Å²) in [4.78, 5) is 7.86. The molecule has 1 heterocycles. The Labute approximate surface area is 104 Å². The van der Waals surface area contributed by atoms with Crippen molar-refractivity contribution in [2.45, 2.75) is 13.5 Å². The Balaban J connectivity index is 2.22. The zero-order valence-electron chi connectivity index (χ0n) is 9.22. The lowest BCUT2D eigenvalue weighted by Crippen LogP contribution is -1.94. The first kappa shape index (κ1) is 11.8. The van der Waals surface area contributed by atoms with Crippen LogP contribution in [0.4, 0.5) is 0 Å². The molecule has 0 fully saturated rings. The van der Waals surface area contributed by atoms with E-state index in [9.17, 15) is 0 Å². The Kier molecular flexibility index (Phi) is 3.56. The number of aliphatic hydroxyl groups excluding tert-OH is 1. The summed E-state index contributed by atoms with van der Waals surface area (Å²) in [7, 11) is 0. The van der Waals surface area contributed by atoms with E-state index < -0.39 is 0 Å². The highest BCUT2D eigenvalue weighted by Gasteiger charge is 2.07. The molecule has 0 spiro atoms. The second-order valence-corrected chi connectivity index (χ2v) is 3.86. The number of aromatic nitrogens is 2. The molecule has 1 N–H and O–H groups in total. The Morgan fingerprint density at radius 2 is 1.94 bits per heavy atom. The second kappa shape index (κ2) is 5.12. The molecule has 1 aromatic heterocycles. The predicted molar refractivity (Wildman–Crippen MR) is 64.2 cm³/mol. The fourth-order valence-electron chi connectivity index (χ4n) is 1.29. The van der Waals surface area contributed by atoms with Gasteiger partial charge in [-0.1, -0.05) is 23.7 Å². The van der Waals surface area contributed by atoms with Gasteiger partial charge in [0, 0.05) is 5.56 Å². The highest BCUT2D eigenvalue weighted by molar-refractivity contribution is 6.30. The molecule has 2 aromatic rings. The average molecular weight is 251 g/mol. The molecule has 0 saturated heterocycles. The minimum Gasteiger partial charge on any atom is -0.439 e. The number of ether oxygens (including phenoxy) is 1. The van der Waals surface area contributed by atoms with E-state index in [4.69, 9.17) is 21.4 Å². The molecule has 1 aromatic carbocycles. The van der Waals surface area contributed by atoms with Crippen molar-refractivity contribution in [2.75, 3.05) is 0 Å². The molecule has 17 heavy (non-hydrogen) atoms.